The van der Waals surface area contributed by atoms with Gasteiger partial charge in [-0.25, -0.2) is 4.98 Å². The van der Waals surface area contributed by atoms with Crippen LogP contribution in [0.2, 0.25) is 5.02 Å². The molecule has 31 heavy (non-hydrogen) atoms. The number of halogens is 1. The van der Waals surface area contributed by atoms with E-state index in [1.807, 2.05) is 23.1 Å². The predicted octanol–water partition coefficient (Wildman–Crippen LogP) is 4.67. The smallest absolute Gasteiger partial charge is 0.228 e. The topological polar surface area (TPSA) is 62.7 Å². The molecule has 3 aromatic rings. The maximum absolute atomic E-state index is 13.5. The summed E-state index contributed by atoms with van der Waals surface area (Å²) in [7, 11) is 1.56. The molecule has 1 aromatic heterocycles. The van der Waals surface area contributed by atoms with Crippen molar-refractivity contribution < 1.29 is 14.3 Å². The molecule has 0 saturated carbocycles. The number of thiazole rings is 1. The third-order valence-corrected chi connectivity index (χ3v) is 7.41. The molecule has 0 N–H and O–H groups in total. The molecule has 0 bridgehead atoms. The Morgan fingerprint density at radius 2 is 2.10 bits per heavy atom. The average molecular weight is 456 g/mol. The number of hydrogen-bond acceptors (Lipinski definition) is 5. The van der Waals surface area contributed by atoms with Gasteiger partial charge in [0.2, 0.25) is 11.8 Å². The van der Waals surface area contributed by atoms with Gasteiger partial charge in [-0.05, 0) is 43.2 Å². The Bertz CT molecular complexity index is 1130. The van der Waals surface area contributed by atoms with E-state index in [2.05, 4.69) is 6.07 Å². The summed E-state index contributed by atoms with van der Waals surface area (Å²) >= 11 is 7.80. The number of rotatable bonds is 4. The van der Waals surface area contributed by atoms with E-state index in [4.69, 9.17) is 21.3 Å². The summed E-state index contributed by atoms with van der Waals surface area (Å²) in [6, 6.07) is 13.2. The second kappa shape index (κ2) is 8.13. The zero-order valence-electron chi connectivity index (χ0n) is 17.1. The Labute approximate surface area is 189 Å². The van der Waals surface area contributed by atoms with Crippen molar-refractivity contribution in [2.75, 3.05) is 25.1 Å². The van der Waals surface area contributed by atoms with Crippen molar-refractivity contribution in [1.82, 2.24) is 9.88 Å². The summed E-state index contributed by atoms with van der Waals surface area (Å²) in [6.07, 6.45) is 2.04. The third-order valence-electron chi connectivity index (χ3n) is 6.04. The van der Waals surface area contributed by atoms with Crippen LogP contribution < -0.4 is 9.64 Å². The minimum atomic E-state index is -0.383. The highest BCUT2D eigenvalue weighted by Gasteiger charge is 2.42. The number of ether oxygens (including phenoxy) is 1. The summed E-state index contributed by atoms with van der Waals surface area (Å²) < 4.78 is 6.54. The number of carbonyl (C=O) groups is 2. The lowest BCUT2D eigenvalue weighted by Crippen LogP contribution is -2.37. The Morgan fingerprint density at radius 3 is 2.90 bits per heavy atom. The van der Waals surface area contributed by atoms with Crippen molar-refractivity contribution in [2.45, 2.75) is 25.3 Å². The van der Waals surface area contributed by atoms with Crippen LogP contribution in [0.4, 0.5) is 5.69 Å². The molecule has 3 heterocycles. The first-order chi connectivity index (χ1) is 15.0. The Kier molecular flexibility index (Phi) is 5.32. The van der Waals surface area contributed by atoms with E-state index in [0.29, 0.717) is 29.5 Å². The lowest BCUT2D eigenvalue weighted by Gasteiger charge is -2.26. The monoisotopic (exact) mass is 455 g/mol. The lowest BCUT2D eigenvalue weighted by molar-refractivity contribution is -0.136. The molecule has 6 nitrogen and oxygen atoms in total. The molecule has 2 saturated heterocycles. The molecule has 2 aliphatic heterocycles. The summed E-state index contributed by atoms with van der Waals surface area (Å²) in [4.78, 5) is 34.6. The van der Waals surface area contributed by atoms with Gasteiger partial charge in [-0.3, -0.25) is 9.59 Å². The van der Waals surface area contributed by atoms with Gasteiger partial charge in [-0.1, -0.05) is 23.7 Å². The number of hydrogen-bond donors (Lipinski definition) is 0. The lowest BCUT2D eigenvalue weighted by atomic mass is 10.1. The number of likely N-dealkylation sites (tertiary alicyclic amines) is 1. The van der Waals surface area contributed by atoms with Crippen LogP contribution in [0, 0.1) is 5.92 Å². The van der Waals surface area contributed by atoms with Gasteiger partial charge < -0.3 is 14.5 Å². The van der Waals surface area contributed by atoms with Gasteiger partial charge in [0.1, 0.15) is 10.8 Å². The van der Waals surface area contributed by atoms with Crippen LogP contribution in [-0.2, 0) is 9.59 Å². The molecule has 160 valence electrons. The first-order valence-corrected chi connectivity index (χ1v) is 11.5. The number of benzene rings is 2. The molecule has 2 atom stereocenters. The molecule has 2 fully saturated rings. The number of methoxy groups -OCH3 is 1. The van der Waals surface area contributed by atoms with Crippen LogP contribution in [0.3, 0.4) is 0 Å². The van der Waals surface area contributed by atoms with Gasteiger partial charge in [0.25, 0.3) is 0 Å². The van der Waals surface area contributed by atoms with Crippen LogP contribution >= 0.6 is 22.9 Å². The predicted molar refractivity (Wildman–Crippen MR) is 122 cm³/mol. The fourth-order valence-corrected chi connectivity index (χ4v) is 5.82. The fraction of sp³-hybridized carbons (Fsp3) is 0.348. The van der Waals surface area contributed by atoms with Crippen molar-refractivity contribution in [2.24, 2.45) is 5.92 Å². The van der Waals surface area contributed by atoms with Crippen molar-refractivity contribution >= 4 is 50.7 Å². The average Bonchev–Trinajstić information content (AvgIpc) is 3.50. The van der Waals surface area contributed by atoms with E-state index >= 15 is 0 Å². The van der Waals surface area contributed by atoms with E-state index in [9.17, 15) is 9.59 Å². The second-order valence-corrected chi connectivity index (χ2v) is 9.43. The fourth-order valence-electron chi connectivity index (χ4n) is 4.53. The Balaban J connectivity index is 1.37. The van der Waals surface area contributed by atoms with Crippen LogP contribution in [0.15, 0.2) is 42.5 Å². The SMILES string of the molecule is COc1ccc(Cl)cc1N1CC(C(=O)N2CCCC2c2nc3ccccc3s2)CC1=O. The molecule has 2 aliphatic rings. The summed E-state index contributed by atoms with van der Waals surface area (Å²) in [6.45, 7) is 1.03. The molecule has 2 unspecified atom stereocenters. The van der Waals surface area contributed by atoms with Crippen LogP contribution in [0.5, 0.6) is 5.75 Å². The Morgan fingerprint density at radius 1 is 1.26 bits per heavy atom. The van der Waals surface area contributed by atoms with Crippen LogP contribution in [-0.4, -0.2) is 41.9 Å². The van der Waals surface area contributed by atoms with Gasteiger partial charge in [0.15, 0.2) is 0 Å². The van der Waals surface area contributed by atoms with E-state index < -0.39 is 0 Å². The summed E-state index contributed by atoms with van der Waals surface area (Å²) in [5.74, 6) is 0.124. The molecular weight excluding hydrogens is 434 g/mol. The normalized spacial score (nSPS) is 21.3. The number of anilines is 1. The highest BCUT2D eigenvalue weighted by molar-refractivity contribution is 7.18. The molecule has 2 aromatic carbocycles. The summed E-state index contributed by atoms with van der Waals surface area (Å²) in [5.41, 5.74) is 1.58. The van der Waals surface area contributed by atoms with Gasteiger partial charge in [0, 0.05) is 24.5 Å². The summed E-state index contributed by atoms with van der Waals surface area (Å²) in [5, 5.41) is 1.50. The van der Waals surface area contributed by atoms with Gasteiger partial charge in [-0.15, -0.1) is 11.3 Å². The largest absolute Gasteiger partial charge is 0.495 e. The minimum absolute atomic E-state index is 0.0187. The number of carbonyl (C=O) groups excluding carboxylic acids is 2. The quantitative estimate of drug-likeness (QED) is 0.573. The zero-order valence-corrected chi connectivity index (χ0v) is 18.7. The Hall–Kier alpha value is -2.64. The van der Waals surface area contributed by atoms with E-state index in [1.165, 1.54) is 0 Å². The maximum atomic E-state index is 13.5. The first kappa shape index (κ1) is 20.3. The standard InChI is InChI=1S/C23H22ClN3O3S/c1-30-19-9-8-15(24)12-18(19)27-13-14(11-21(27)28)23(29)26-10-4-6-17(26)22-25-16-5-2-3-7-20(16)31-22/h2-3,5,7-9,12,14,17H,4,6,10-11,13H2,1H3. The molecule has 0 aliphatic carbocycles. The van der Waals surface area contributed by atoms with E-state index in [1.54, 1.807) is 41.5 Å². The van der Waals surface area contributed by atoms with Gasteiger partial charge in [-0.2, -0.15) is 0 Å². The number of para-hydroxylation sites is 1. The number of nitrogens with zero attached hydrogens (tertiary/aromatic N) is 3. The molecule has 8 heteroatoms. The van der Waals surface area contributed by atoms with Gasteiger partial charge in [0.05, 0.1) is 35.0 Å². The molecule has 2 amide bonds. The van der Waals surface area contributed by atoms with Crippen molar-refractivity contribution in [3.8, 4) is 5.75 Å². The molecule has 0 spiro atoms. The van der Waals surface area contributed by atoms with Crippen molar-refractivity contribution in [3.05, 3.63) is 52.5 Å². The van der Waals surface area contributed by atoms with E-state index in [0.717, 1.165) is 28.1 Å². The van der Waals surface area contributed by atoms with Crippen LogP contribution in [0.1, 0.15) is 30.3 Å². The maximum Gasteiger partial charge on any atom is 0.228 e. The zero-order chi connectivity index (χ0) is 21.5. The highest BCUT2D eigenvalue weighted by Crippen LogP contribution is 2.40. The van der Waals surface area contributed by atoms with Crippen molar-refractivity contribution in [3.63, 3.8) is 0 Å². The first-order valence-electron chi connectivity index (χ1n) is 10.3. The van der Waals surface area contributed by atoms with Crippen molar-refractivity contribution in [1.29, 1.82) is 0 Å². The number of amides is 2. The van der Waals surface area contributed by atoms with Gasteiger partial charge >= 0.3 is 0 Å². The molecule has 0 radical (unpaired) electrons. The molecular formula is C23H22ClN3O3S. The minimum Gasteiger partial charge on any atom is -0.495 e. The highest BCUT2D eigenvalue weighted by atomic mass is 35.5. The third kappa shape index (κ3) is 3.66. The number of aromatic nitrogens is 1. The van der Waals surface area contributed by atoms with E-state index in [-0.39, 0.29) is 30.2 Å². The van der Waals surface area contributed by atoms with Crippen LogP contribution in [0.25, 0.3) is 10.2 Å². The number of fused-ring (bicyclic) bond motifs is 1. The second-order valence-electron chi connectivity index (χ2n) is 7.93. The molecule has 5 rings (SSSR count).